The second-order valence-corrected chi connectivity index (χ2v) is 5.67. The van der Waals surface area contributed by atoms with Gasteiger partial charge in [-0.25, -0.2) is 0 Å². The third-order valence-corrected chi connectivity index (χ3v) is 4.26. The van der Waals surface area contributed by atoms with E-state index in [4.69, 9.17) is 11.6 Å². The molecule has 0 bridgehead atoms. The predicted octanol–water partition coefficient (Wildman–Crippen LogP) is 4.26. The highest BCUT2D eigenvalue weighted by molar-refractivity contribution is 7.23. The van der Waals surface area contributed by atoms with Crippen LogP contribution in [0.2, 0.25) is 5.02 Å². The Labute approximate surface area is 118 Å². The Morgan fingerprint density at radius 1 is 1.00 bits per heavy atom. The molecule has 4 aromatic rings. The lowest BCUT2D eigenvalue weighted by atomic mass is 10.2. The fourth-order valence-corrected chi connectivity index (χ4v) is 3.42. The number of hydrogen-bond acceptors (Lipinski definition) is 3. The van der Waals surface area contributed by atoms with Gasteiger partial charge in [0.05, 0.1) is 10.2 Å². The summed E-state index contributed by atoms with van der Waals surface area (Å²) in [6.45, 7) is 0. The number of halogens is 1. The van der Waals surface area contributed by atoms with Crippen LogP contribution in [0.1, 0.15) is 0 Å². The van der Waals surface area contributed by atoms with Crippen molar-refractivity contribution in [2.24, 2.45) is 0 Å². The van der Waals surface area contributed by atoms with E-state index in [-0.39, 0.29) is 0 Å². The largest absolute Gasteiger partial charge is 0.265 e. The van der Waals surface area contributed by atoms with Crippen LogP contribution >= 0.6 is 22.9 Å². The summed E-state index contributed by atoms with van der Waals surface area (Å²) in [5, 5.41) is 9.28. The van der Waals surface area contributed by atoms with Crippen molar-refractivity contribution in [2.75, 3.05) is 0 Å². The Hall–Kier alpha value is -1.91. The van der Waals surface area contributed by atoms with Gasteiger partial charge in [-0.3, -0.25) is 4.40 Å². The average molecular weight is 286 g/mol. The minimum absolute atomic E-state index is 0.742. The van der Waals surface area contributed by atoms with Gasteiger partial charge >= 0.3 is 0 Å². The van der Waals surface area contributed by atoms with Gasteiger partial charge in [-0.1, -0.05) is 53.3 Å². The van der Waals surface area contributed by atoms with Gasteiger partial charge in [0.15, 0.2) is 5.82 Å². The summed E-state index contributed by atoms with van der Waals surface area (Å²) in [4.78, 5) is 0.885. The molecule has 3 nitrogen and oxygen atoms in total. The first-order valence-corrected chi connectivity index (χ1v) is 7.01. The number of aromatic nitrogens is 3. The highest BCUT2D eigenvalue weighted by Crippen LogP contribution is 2.31. The highest BCUT2D eigenvalue weighted by Gasteiger charge is 2.13. The van der Waals surface area contributed by atoms with Crippen molar-refractivity contribution in [3.05, 3.63) is 53.6 Å². The van der Waals surface area contributed by atoms with E-state index < -0.39 is 0 Å². The van der Waals surface area contributed by atoms with Crippen LogP contribution in [0.5, 0.6) is 0 Å². The number of hydrogen-bond donors (Lipinski definition) is 0. The molecule has 2 heterocycles. The van der Waals surface area contributed by atoms with Gasteiger partial charge in [0.2, 0.25) is 4.96 Å². The SMILES string of the molecule is Clc1ccc2c(c1)sc1nnc(-c3ccccc3)n12. The molecule has 0 radical (unpaired) electrons. The van der Waals surface area contributed by atoms with Crippen molar-refractivity contribution >= 4 is 38.1 Å². The first-order valence-electron chi connectivity index (χ1n) is 5.81. The van der Waals surface area contributed by atoms with E-state index in [0.717, 1.165) is 31.6 Å². The maximum Gasteiger partial charge on any atom is 0.217 e. The van der Waals surface area contributed by atoms with E-state index >= 15 is 0 Å². The van der Waals surface area contributed by atoms with Gasteiger partial charge in [0, 0.05) is 10.6 Å². The van der Waals surface area contributed by atoms with Gasteiger partial charge in [-0.2, -0.15) is 0 Å². The average Bonchev–Trinajstić information content (AvgIpc) is 2.97. The minimum Gasteiger partial charge on any atom is -0.265 e. The molecule has 0 aliphatic carbocycles. The summed E-state index contributed by atoms with van der Waals surface area (Å²) >= 11 is 7.63. The number of benzene rings is 2. The van der Waals surface area contributed by atoms with Crippen LogP contribution in [0.3, 0.4) is 0 Å². The maximum absolute atomic E-state index is 6.03. The van der Waals surface area contributed by atoms with Crippen molar-refractivity contribution < 1.29 is 0 Å². The third-order valence-electron chi connectivity index (χ3n) is 3.03. The van der Waals surface area contributed by atoms with Crippen molar-refractivity contribution in [1.29, 1.82) is 0 Å². The molecule has 0 saturated carbocycles. The second-order valence-electron chi connectivity index (χ2n) is 4.22. The molecule has 4 rings (SSSR count). The zero-order valence-corrected chi connectivity index (χ0v) is 11.3. The Kier molecular flexibility index (Phi) is 2.33. The van der Waals surface area contributed by atoms with E-state index in [1.54, 1.807) is 11.3 Å². The lowest BCUT2D eigenvalue weighted by Gasteiger charge is -1.98. The molecule has 0 spiro atoms. The van der Waals surface area contributed by atoms with Gasteiger partial charge in [0.1, 0.15) is 0 Å². The molecule has 2 aromatic heterocycles. The lowest BCUT2D eigenvalue weighted by Crippen LogP contribution is -1.87. The monoisotopic (exact) mass is 285 g/mol. The molecule has 5 heteroatoms. The minimum atomic E-state index is 0.742. The van der Waals surface area contributed by atoms with Crippen molar-refractivity contribution in [2.45, 2.75) is 0 Å². The van der Waals surface area contributed by atoms with Crippen LogP contribution in [0.4, 0.5) is 0 Å². The van der Waals surface area contributed by atoms with Crippen molar-refractivity contribution in [3.63, 3.8) is 0 Å². The van der Waals surface area contributed by atoms with E-state index in [1.807, 2.05) is 48.5 Å². The highest BCUT2D eigenvalue weighted by atomic mass is 35.5. The molecule has 92 valence electrons. The van der Waals surface area contributed by atoms with Gasteiger partial charge in [-0.15, -0.1) is 10.2 Å². The quantitative estimate of drug-likeness (QED) is 0.523. The van der Waals surface area contributed by atoms with Crippen LogP contribution < -0.4 is 0 Å². The molecule has 19 heavy (non-hydrogen) atoms. The fourth-order valence-electron chi connectivity index (χ4n) is 2.18. The summed E-state index contributed by atoms with van der Waals surface area (Å²) in [5.74, 6) is 0.865. The normalized spacial score (nSPS) is 11.4. The smallest absolute Gasteiger partial charge is 0.217 e. The van der Waals surface area contributed by atoms with Crippen LogP contribution in [0, 0.1) is 0 Å². The van der Waals surface area contributed by atoms with Crippen LogP contribution in [-0.2, 0) is 0 Å². The first kappa shape index (κ1) is 11.0. The molecular weight excluding hydrogens is 278 g/mol. The molecule has 0 unspecified atom stereocenters. The Balaban J connectivity index is 2.10. The van der Waals surface area contributed by atoms with E-state index in [0.29, 0.717) is 0 Å². The molecule has 2 aromatic carbocycles. The molecule has 0 amide bonds. The lowest BCUT2D eigenvalue weighted by molar-refractivity contribution is 1.12. The zero-order chi connectivity index (χ0) is 12.8. The van der Waals surface area contributed by atoms with E-state index in [1.165, 1.54) is 0 Å². The molecule has 0 aliphatic rings. The number of rotatable bonds is 1. The molecule has 0 aliphatic heterocycles. The fraction of sp³-hybridized carbons (Fsp3) is 0. The molecule has 0 N–H and O–H groups in total. The third kappa shape index (κ3) is 1.64. The van der Waals surface area contributed by atoms with Crippen LogP contribution in [0.25, 0.3) is 26.6 Å². The van der Waals surface area contributed by atoms with Gasteiger partial charge < -0.3 is 0 Å². The molecular formula is C14H8ClN3S. The van der Waals surface area contributed by atoms with Crippen LogP contribution in [0.15, 0.2) is 48.5 Å². The van der Waals surface area contributed by atoms with E-state index in [2.05, 4.69) is 14.6 Å². The molecule has 0 fully saturated rings. The number of thiazole rings is 1. The summed E-state index contributed by atoms with van der Waals surface area (Å²) in [6, 6.07) is 15.9. The Bertz CT molecular complexity index is 880. The van der Waals surface area contributed by atoms with Gasteiger partial charge in [-0.05, 0) is 18.2 Å². The van der Waals surface area contributed by atoms with Gasteiger partial charge in [0.25, 0.3) is 0 Å². The number of nitrogens with zero attached hydrogens (tertiary/aromatic N) is 3. The standard InChI is InChI=1S/C14H8ClN3S/c15-10-6-7-11-12(8-10)19-14-17-16-13(18(11)14)9-4-2-1-3-5-9/h1-8H. The second kappa shape index (κ2) is 4.05. The topological polar surface area (TPSA) is 30.2 Å². The first-order chi connectivity index (χ1) is 9.33. The maximum atomic E-state index is 6.03. The summed E-state index contributed by atoms with van der Waals surface area (Å²) < 4.78 is 3.20. The predicted molar refractivity (Wildman–Crippen MR) is 78.8 cm³/mol. The summed E-state index contributed by atoms with van der Waals surface area (Å²) in [5.41, 5.74) is 2.15. The molecule has 0 saturated heterocycles. The molecule has 0 atom stereocenters. The Morgan fingerprint density at radius 3 is 2.68 bits per heavy atom. The summed E-state index contributed by atoms with van der Waals surface area (Å²) in [7, 11) is 0. The number of fused-ring (bicyclic) bond motifs is 3. The van der Waals surface area contributed by atoms with Crippen molar-refractivity contribution in [1.82, 2.24) is 14.6 Å². The van der Waals surface area contributed by atoms with Crippen molar-refractivity contribution in [3.8, 4) is 11.4 Å². The summed E-state index contributed by atoms with van der Waals surface area (Å²) in [6.07, 6.45) is 0. The zero-order valence-electron chi connectivity index (χ0n) is 9.75. The van der Waals surface area contributed by atoms with E-state index in [9.17, 15) is 0 Å². The van der Waals surface area contributed by atoms with Crippen LogP contribution in [-0.4, -0.2) is 14.6 Å². The Morgan fingerprint density at radius 2 is 1.84 bits per heavy atom.